The molecule has 1 saturated carbocycles. The van der Waals surface area contributed by atoms with Gasteiger partial charge in [-0.3, -0.25) is 4.79 Å². The quantitative estimate of drug-likeness (QED) is 0.478. The first-order valence-corrected chi connectivity index (χ1v) is 6.77. The molecule has 0 amide bonds. The Morgan fingerprint density at radius 2 is 2.17 bits per heavy atom. The predicted molar refractivity (Wildman–Crippen MR) is 67.0 cm³/mol. The van der Waals surface area contributed by atoms with Gasteiger partial charge in [0, 0.05) is 23.7 Å². The van der Waals surface area contributed by atoms with E-state index in [4.69, 9.17) is 9.84 Å². The van der Waals surface area contributed by atoms with E-state index in [-0.39, 0.29) is 18.0 Å². The van der Waals surface area contributed by atoms with Crippen LogP contribution in [0.5, 0.6) is 0 Å². The number of aromatic nitrogens is 2. The van der Waals surface area contributed by atoms with Crippen LogP contribution in [0.4, 0.5) is 0 Å². The third kappa shape index (κ3) is 3.43. The van der Waals surface area contributed by atoms with E-state index in [1.807, 2.05) is 0 Å². The van der Waals surface area contributed by atoms with E-state index in [9.17, 15) is 4.79 Å². The Hall–Kier alpha value is -1.14. The summed E-state index contributed by atoms with van der Waals surface area (Å²) in [5, 5.41) is 9.57. The Labute approximate surface area is 110 Å². The summed E-state index contributed by atoms with van der Waals surface area (Å²) in [5.41, 5.74) is 0.784. The molecule has 0 bridgehead atoms. The SMILES string of the molecule is COC(=O)CC1(CSc2ncc(CO)cn2)CC1. The van der Waals surface area contributed by atoms with E-state index in [0.717, 1.165) is 18.6 Å². The lowest BCUT2D eigenvalue weighted by Gasteiger charge is -2.12. The summed E-state index contributed by atoms with van der Waals surface area (Å²) >= 11 is 1.55. The van der Waals surface area contributed by atoms with Crippen molar-refractivity contribution in [2.75, 3.05) is 12.9 Å². The average molecular weight is 268 g/mol. The number of rotatable bonds is 6. The molecule has 5 nitrogen and oxygen atoms in total. The average Bonchev–Trinajstić information content (AvgIpc) is 3.17. The molecule has 0 saturated heterocycles. The minimum Gasteiger partial charge on any atom is -0.469 e. The van der Waals surface area contributed by atoms with Gasteiger partial charge >= 0.3 is 5.97 Å². The van der Waals surface area contributed by atoms with E-state index >= 15 is 0 Å². The van der Waals surface area contributed by atoms with Crippen molar-refractivity contribution in [1.29, 1.82) is 0 Å². The molecule has 0 spiro atoms. The highest BCUT2D eigenvalue weighted by Crippen LogP contribution is 2.51. The Balaban J connectivity index is 1.85. The summed E-state index contributed by atoms with van der Waals surface area (Å²) in [6.45, 7) is -0.0444. The lowest BCUT2D eigenvalue weighted by atomic mass is 10.1. The Bertz CT molecular complexity index is 418. The zero-order valence-corrected chi connectivity index (χ0v) is 11.1. The van der Waals surface area contributed by atoms with Gasteiger partial charge in [-0.25, -0.2) is 9.97 Å². The lowest BCUT2D eigenvalue weighted by Crippen LogP contribution is -2.13. The molecule has 6 heteroatoms. The molecule has 1 aliphatic carbocycles. The number of hydrogen-bond acceptors (Lipinski definition) is 6. The number of carbonyl (C=O) groups excluding carboxylic acids is 1. The number of methoxy groups -OCH3 is 1. The van der Waals surface area contributed by atoms with Crippen LogP contribution < -0.4 is 0 Å². The van der Waals surface area contributed by atoms with Crippen molar-refractivity contribution in [2.45, 2.75) is 31.0 Å². The zero-order valence-electron chi connectivity index (χ0n) is 10.3. The molecule has 2 rings (SSSR count). The molecule has 1 aliphatic rings. The minimum absolute atomic E-state index is 0.0444. The number of aliphatic hydroxyl groups is 1. The zero-order chi connectivity index (χ0) is 13.0. The second kappa shape index (κ2) is 5.67. The number of aliphatic hydroxyl groups excluding tert-OH is 1. The highest BCUT2D eigenvalue weighted by molar-refractivity contribution is 7.99. The molecule has 1 heterocycles. The Morgan fingerprint density at radius 3 is 2.67 bits per heavy atom. The van der Waals surface area contributed by atoms with Crippen molar-refractivity contribution in [3.63, 3.8) is 0 Å². The molecule has 0 aromatic carbocycles. The molecule has 0 radical (unpaired) electrons. The Morgan fingerprint density at radius 1 is 1.50 bits per heavy atom. The highest BCUT2D eigenvalue weighted by Gasteiger charge is 2.44. The summed E-state index contributed by atoms with van der Waals surface area (Å²) in [4.78, 5) is 19.6. The molecule has 1 fully saturated rings. The second-order valence-corrected chi connectivity index (χ2v) is 5.52. The van der Waals surface area contributed by atoms with Gasteiger partial charge in [0.15, 0.2) is 5.16 Å². The molecule has 98 valence electrons. The third-order valence-corrected chi connectivity index (χ3v) is 4.30. The number of thioether (sulfide) groups is 1. The van der Waals surface area contributed by atoms with Crippen LogP contribution in [0.25, 0.3) is 0 Å². The minimum atomic E-state index is -0.148. The summed E-state index contributed by atoms with van der Waals surface area (Å²) in [5.74, 6) is 0.685. The van der Waals surface area contributed by atoms with Crippen LogP contribution in [0, 0.1) is 5.41 Å². The van der Waals surface area contributed by atoms with Crippen molar-refractivity contribution >= 4 is 17.7 Å². The number of hydrogen-bond donors (Lipinski definition) is 1. The molecule has 0 aliphatic heterocycles. The topological polar surface area (TPSA) is 72.3 Å². The summed E-state index contributed by atoms with van der Waals surface area (Å²) < 4.78 is 4.70. The second-order valence-electron chi connectivity index (χ2n) is 4.57. The molecule has 0 unspecified atom stereocenters. The first-order valence-electron chi connectivity index (χ1n) is 5.79. The number of carbonyl (C=O) groups is 1. The van der Waals surface area contributed by atoms with E-state index in [0.29, 0.717) is 17.1 Å². The van der Waals surface area contributed by atoms with Gasteiger partial charge in [-0.1, -0.05) is 11.8 Å². The summed E-state index contributed by atoms with van der Waals surface area (Å²) in [6, 6.07) is 0. The van der Waals surface area contributed by atoms with Crippen LogP contribution >= 0.6 is 11.8 Å². The van der Waals surface area contributed by atoms with Crippen molar-refractivity contribution in [2.24, 2.45) is 5.41 Å². The fourth-order valence-corrected chi connectivity index (χ4v) is 2.72. The maximum atomic E-state index is 11.3. The first-order chi connectivity index (χ1) is 8.67. The van der Waals surface area contributed by atoms with Crippen molar-refractivity contribution in [1.82, 2.24) is 9.97 Å². The van der Waals surface area contributed by atoms with Crippen molar-refractivity contribution in [3.05, 3.63) is 18.0 Å². The van der Waals surface area contributed by atoms with Crippen LogP contribution in [0.15, 0.2) is 17.6 Å². The maximum absolute atomic E-state index is 11.3. The predicted octanol–water partition coefficient (Wildman–Crippen LogP) is 1.40. The van der Waals surface area contributed by atoms with Gasteiger partial charge in [0.05, 0.1) is 20.1 Å². The van der Waals surface area contributed by atoms with Crippen molar-refractivity contribution < 1.29 is 14.6 Å². The van der Waals surface area contributed by atoms with Crippen LogP contribution in [0.1, 0.15) is 24.8 Å². The molecule has 1 N–H and O–H groups in total. The number of ether oxygens (including phenoxy) is 1. The van der Waals surface area contributed by atoms with Gasteiger partial charge in [0.2, 0.25) is 0 Å². The molecule has 0 atom stereocenters. The molecule has 18 heavy (non-hydrogen) atoms. The van der Waals surface area contributed by atoms with Gasteiger partial charge in [-0.15, -0.1) is 0 Å². The van der Waals surface area contributed by atoms with Gasteiger partial charge in [-0.2, -0.15) is 0 Å². The fourth-order valence-electron chi connectivity index (χ4n) is 1.64. The third-order valence-electron chi connectivity index (χ3n) is 3.08. The Kier molecular flexibility index (Phi) is 4.19. The van der Waals surface area contributed by atoms with E-state index in [1.54, 1.807) is 24.2 Å². The van der Waals surface area contributed by atoms with Gasteiger partial charge in [0.25, 0.3) is 0 Å². The van der Waals surface area contributed by atoms with Gasteiger partial charge < -0.3 is 9.84 Å². The van der Waals surface area contributed by atoms with Gasteiger partial charge in [0.1, 0.15) is 0 Å². The summed E-state index contributed by atoms with van der Waals surface area (Å²) in [6.07, 6.45) is 5.84. The van der Waals surface area contributed by atoms with Crippen molar-refractivity contribution in [3.8, 4) is 0 Å². The van der Waals surface area contributed by atoms with E-state index in [1.165, 1.54) is 7.11 Å². The number of nitrogens with zero attached hydrogens (tertiary/aromatic N) is 2. The molecule has 1 aromatic heterocycles. The molecular weight excluding hydrogens is 252 g/mol. The highest BCUT2D eigenvalue weighted by atomic mass is 32.2. The molecular formula is C12H16N2O3S. The summed E-state index contributed by atoms with van der Waals surface area (Å²) in [7, 11) is 1.42. The normalized spacial score (nSPS) is 16.3. The standard InChI is InChI=1S/C12H16N2O3S/c1-17-10(16)4-12(2-3-12)8-18-11-13-5-9(7-15)6-14-11/h5-6,15H,2-4,7-8H2,1H3. The monoisotopic (exact) mass is 268 g/mol. The first kappa shape index (κ1) is 13.3. The van der Waals surface area contributed by atoms with E-state index in [2.05, 4.69) is 9.97 Å². The van der Waals surface area contributed by atoms with Crippen LogP contribution in [0.2, 0.25) is 0 Å². The maximum Gasteiger partial charge on any atom is 0.306 e. The largest absolute Gasteiger partial charge is 0.469 e. The van der Waals surface area contributed by atoms with Crippen LogP contribution in [0.3, 0.4) is 0 Å². The van der Waals surface area contributed by atoms with Crippen LogP contribution in [-0.2, 0) is 16.1 Å². The lowest BCUT2D eigenvalue weighted by molar-refractivity contribution is -0.141. The van der Waals surface area contributed by atoms with E-state index < -0.39 is 0 Å². The molecule has 1 aromatic rings. The smallest absolute Gasteiger partial charge is 0.306 e. The fraction of sp³-hybridized carbons (Fsp3) is 0.583. The number of esters is 1. The van der Waals surface area contributed by atoms with Crippen LogP contribution in [-0.4, -0.2) is 33.9 Å². The van der Waals surface area contributed by atoms with Gasteiger partial charge in [-0.05, 0) is 18.3 Å².